The molecular formula is C17H14N2O2S. The Kier molecular flexibility index (Phi) is 3.08. The topological polar surface area (TPSA) is 51.1 Å². The molecule has 1 aliphatic rings. The van der Waals surface area contributed by atoms with Gasteiger partial charge in [0, 0.05) is 6.04 Å². The van der Waals surface area contributed by atoms with Gasteiger partial charge in [-0.15, -0.1) is 0 Å². The Labute approximate surface area is 131 Å². The molecule has 22 heavy (non-hydrogen) atoms. The monoisotopic (exact) mass is 310 g/mol. The Balaban J connectivity index is 1.85. The van der Waals surface area contributed by atoms with Crippen LogP contribution in [0.25, 0.3) is 15.8 Å². The summed E-state index contributed by atoms with van der Waals surface area (Å²) in [6.07, 6.45) is 2.08. The van der Waals surface area contributed by atoms with Gasteiger partial charge in [0.2, 0.25) is 0 Å². The van der Waals surface area contributed by atoms with Crippen LogP contribution in [0.4, 0.5) is 0 Å². The summed E-state index contributed by atoms with van der Waals surface area (Å²) in [7, 11) is 0. The molecule has 3 aromatic rings. The second kappa shape index (κ2) is 5.10. The number of amides is 1. The van der Waals surface area contributed by atoms with Crippen molar-refractivity contribution in [3.05, 3.63) is 64.4 Å². The van der Waals surface area contributed by atoms with E-state index in [4.69, 9.17) is 0 Å². The van der Waals surface area contributed by atoms with Gasteiger partial charge in [0.15, 0.2) is 0 Å². The second-order valence-corrected chi connectivity index (χ2v) is 6.44. The Morgan fingerprint density at radius 2 is 1.82 bits per heavy atom. The van der Waals surface area contributed by atoms with Crippen LogP contribution in [0.15, 0.2) is 53.3 Å². The van der Waals surface area contributed by atoms with Gasteiger partial charge in [-0.3, -0.25) is 9.59 Å². The molecule has 4 rings (SSSR count). The van der Waals surface area contributed by atoms with Crippen molar-refractivity contribution >= 4 is 27.5 Å². The first kappa shape index (κ1) is 13.3. The highest BCUT2D eigenvalue weighted by atomic mass is 32.1. The molecule has 4 nitrogen and oxygen atoms in total. The summed E-state index contributed by atoms with van der Waals surface area (Å²) in [6.45, 7) is 0. The molecule has 1 fully saturated rings. The lowest BCUT2D eigenvalue weighted by molar-refractivity contribution is 0.0951. The number of nitrogens with one attached hydrogen (secondary N) is 1. The largest absolute Gasteiger partial charge is 0.349 e. The van der Waals surface area contributed by atoms with Crippen LogP contribution in [0.2, 0.25) is 0 Å². The van der Waals surface area contributed by atoms with Crippen molar-refractivity contribution in [1.82, 2.24) is 9.27 Å². The zero-order chi connectivity index (χ0) is 15.1. The molecule has 0 unspecified atom stereocenters. The molecule has 1 aliphatic carbocycles. The van der Waals surface area contributed by atoms with Gasteiger partial charge in [-0.05, 0) is 37.1 Å². The number of aromatic nitrogens is 1. The Morgan fingerprint density at radius 1 is 1.09 bits per heavy atom. The van der Waals surface area contributed by atoms with Crippen LogP contribution in [0.5, 0.6) is 0 Å². The van der Waals surface area contributed by atoms with E-state index in [0.29, 0.717) is 22.7 Å². The van der Waals surface area contributed by atoms with Gasteiger partial charge < -0.3 is 5.32 Å². The van der Waals surface area contributed by atoms with Crippen LogP contribution < -0.4 is 10.9 Å². The third kappa shape index (κ3) is 2.23. The number of benzene rings is 2. The molecule has 0 bridgehead atoms. The second-order valence-electron chi connectivity index (χ2n) is 5.45. The fourth-order valence-electron chi connectivity index (χ4n) is 2.46. The van der Waals surface area contributed by atoms with E-state index < -0.39 is 0 Å². The molecule has 0 saturated heterocycles. The number of hydrogen-bond donors (Lipinski definition) is 1. The number of rotatable bonds is 3. The molecule has 1 aromatic heterocycles. The van der Waals surface area contributed by atoms with Gasteiger partial charge in [0.1, 0.15) is 0 Å². The SMILES string of the molecule is O=C(NC1CC1)c1ccccc1-n1sc2ccccc2c1=O. The Hall–Kier alpha value is -2.40. The van der Waals surface area contributed by atoms with Crippen molar-refractivity contribution in [1.29, 1.82) is 0 Å². The number of nitrogens with zero attached hydrogens (tertiary/aromatic N) is 1. The van der Waals surface area contributed by atoms with Crippen molar-refractivity contribution in [3.63, 3.8) is 0 Å². The van der Waals surface area contributed by atoms with Crippen LogP contribution in [0.1, 0.15) is 23.2 Å². The van der Waals surface area contributed by atoms with Gasteiger partial charge in [-0.25, -0.2) is 3.96 Å². The van der Waals surface area contributed by atoms with Gasteiger partial charge >= 0.3 is 0 Å². The van der Waals surface area contributed by atoms with Crippen molar-refractivity contribution in [2.45, 2.75) is 18.9 Å². The van der Waals surface area contributed by atoms with E-state index in [0.717, 1.165) is 17.5 Å². The highest BCUT2D eigenvalue weighted by Gasteiger charge is 2.25. The maximum atomic E-state index is 12.6. The molecule has 0 atom stereocenters. The molecule has 1 saturated carbocycles. The van der Waals surface area contributed by atoms with Gasteiger partial charge in [0.25, 0.3) is 11.5 Å². The first-order chi connectivity index (χ1) is 10.7. The van der Waals surface area contributed by atoms with Gasteiger partial charge in [-0.2, -0.15) is 0 Å². The average Bonchev–Trinajstić information content (AvgIpc) is 3.30. The normalized spacial score (nSPS) is 14.2. The summed E-state index contributed by atoms with van der Waals surface area (Å²) >= 11 is 1.37. The number of hydrogen-bond acceptors (Lipinski definition) is 3. The van der Waals surface area contributed by atoms with Gasteiger partial charge in [-0.1, -0.05) is 35.8 Å². The van der Waals surface area contributed by atoms with E-state index in [-0.39, 0.29) is 11.5 Å². The minimum absolute atomic E-state index is 0.0766. The lowest BCUT2D eigenvalue weighted by Gasteiger charge is -2.09. The minimum Gasteiger partial charge on any atom is -0.349 e. The summed E-state index contributed by atoms with van der Waals surface area (Å²) in [5.74, 6) is -0.109. The lowest BCUT2D eigenvalue weighted by Crippen LogP contribution is -2.27. The number of para-hydroxylation sites is 1. The summed E-state index contributed by atoms with van der Waals surface area (Å²) in [4.78, 5) is 25.0. The van der Waals surface area contributed by atoms with Crippen LogP contribution in [0, 0.1) is 0 Å². The lowest BCUT2D eigenvalue weighted by atomic mass is 10.1. The first-order valence-corrected chi connectivity index (χ1v) is 8.03. The number of carbonyl (C=O) groups excluding carboxylic acids is 1. The van der Waals surface area contributed by atoms with Crippen molar-refractivity contribution in [3.8, 4) is 5.69 Å². The highest BCUT2D eigenvalue weighted by Crippen LogP contribution is 2.24. The Bertz CT molecular complexity index is 922. The van der Waals surface area contributed by atoms with E-state index >= 15 is 0 Å². The molecule has 0 spiro atoms. The molecule has 1 N–H and O–H groups in total. The standard InChI is InChI=1S/C17H14N2O2S/c20-16(18-11-9-10-11)12-5-1-3-7-14(12)19-17(21)13-6-2-4-8-15(13)22-19/h1-8,11H,9-10H2,(H,18,20). The third-order valence-electron chi connectivity index (χ3n) is 3.77. The van der Waals surface area contributed by atoms with E-state index in [1.54, 1.807) is 10.0 Å². The van der Waals surface area contributed by atoms with Crippen molar-refractivity contribution in [2.24, 2.45) is 0 Å². The summed E-state index contributed by atoms with van der Waals surface area (Å²) < 4.78 is 2.52. The number of fused-ring (bicyclic) bond motifs is 1. The van der Waals surface area contributed by atoms with E-state index in [1.807, 2.05) is 42.5 Å². The summed E-state index contributed by atoms with van der Waals surface area (Å²) in [6, 6.07) is 15.1. The molecule has 110 valence electrons. The summed E-state index contributed by atoms with van der Waals surface area (Å²) in [5.41, 5.74) is 1.11. The fourth-order valence-corrected chi connectivity index (χ4v) is 3.49. The molecule has 1 amide bonds. The molecule has 5 heteroatoms. The molecular weight excluding hydrogens is 296 g/mol. The van der Waals surface area contributed by atoms with E-state index in [1.165, 1.54) is 11.5 Å². The zero-order valence-electron chi connectivity index (χ0n) is 11.8. The molecule has 0 radical (unpaired) electrons. The van der Waals surface area contributed by atoms with Crippen molar-refractivity contribution in [2.75, 3.05) is 0 Å². The Morgan fingerprint density at radius 3 is 2.59 bits per heavy atom. The maximum Gasteiger partial charge on any atom is 0.273 e. The number of carbonyl (C=O) groups is 1. The molecule has 1 heterocycles. The fraction of sp³-hybridized carbons (Fsp3) is 0.176. The zero-order valence-corrected chi connectivity index (χ0v) is 12.6. The van der Waals surface area contributed by atoms with Crippen LogP contribution >= 0.6 is 11.5 Å². The smallest absolute Gasteiger partial charge is 0.273 e. The highest BCUT2D eigenvalue weighted by molar-refractivity contribution is 7.14. The van der Waals surface area contributed by atoms with E-state index in [2.05, 4.69) is 5.32 Å². The third-order valence-corrected chi connectivity index (χ3v) is 4.87. The van der Waals surface area contributed by atoms with Crippen LogP contribution in [-0.2, 0) is 0 Å². The average molecular weight is 310 g/mol. The predicted octanol–water partition coefficient (Wildman–Crippen LogP) is 2.94. The van der Waals surface area contributed by atoms with Gasteiger partial charge in [0.05, 0.1) is 21.3 Å². The van der Waals surface area contributed by atoms with Crippen molar-refractivity contribution < 1.29 is 4.79 Å². The van der Waals surface area contributed by atoms with Crippen LogP contribution in [0.3, 0.4) is 0 Å². The molecule has 0 aliphatic heterocycles. The first-order valence-electron chi connectivity index (χ1n) is 7.25. The summed E-state index contributed by atoms with van der Waals surface area (Å²) in [5, 5.41) is 3.67. The van der Waals surface area contributed by atoms with Crippen LogP contribution in [-0.4, -0.2) is 15.9 Å². The molecule has 2 aromatic carbocycles. The minimum atomic E-state index is -0.109. The predicted molar refractivity (Wildman–Crippen MR) is 87.9 cm³/mol. The quantitative estimate of drug-likeness (QED) is 0.808. The van der Waals surface area contributed by atoms with E-state index in [9.17, 15) is 9.59 Å². The maximum absolute atomic E-state index is 12.6.